The van der Waals surface area contributed by atoms with E-state index >= 15 is 0 Å². The predicted octanol–water partition coefficient (Wildman–Crippen LogP) is 1.89. The molecule has 1 aromatic heterocycles. The minimum atomic E-state index is 0.248. The molecule has 0 aliphatic heterocycles. The molecule has 21 heavy (non-hydrogen) atoms. The lowest BCUT2D eigenvalue weighted by molar-refractivity contribution is 0.410. The van der Waals surface area contributed by atoms with Crippen LogP contribution in [0, 0.1) is 11.3 Å². The summed E-state index contributed by atoms with van der Waals surface area (Å²) in [6.45, 7) is 0.402. The van der Waals surface area contributed by atoms with Gasteiger partial charge in [0.2, 0.25) is 0 Å². The molecule has 0 saturated heterocycles. The Labute approximate surface area is 122 Å². The molecule has 0 unspecified atom stereocenters. The van der Waals surface area contributed by atoms with Crippen molar-refractivity contribution in [3.63, 3.8) is 0 Å². The molecule has 0 fully saturated rings. The van der Waals surface area contributed by atoms with Gasteiger partial charge in [-0.15, -0.1) is 0 Å². The lowest BCUT2D eigenvalue weighted by Gasteiger charge is -2.07. The fraction of sp³-hybridized carbons (Fsp3) is 0.133. The molecule has 0 atom stereocenters. The minimum Gasteiger partial charge on any atom is -0.496 e. The molecular weight excluding hydrogens is 266 g/mol. The van der Waals surface area contributed by atoms with Crippen LogP contribution in [-0.4, -0.2) is 18.1 Å². The molecular formula is C15H15N5O. The summed E-state index contributed by atoms with van der Waals surface area (Å²) in [4.78, 5) is 8.30. The third-order valence-corrected chi connectivity index (χ3v) is 2.76. The Morgan fingerprint density at radius 1 is 1.38 bits per heavy atom. The van der Waals surface area contributed by atoms with Crippen LogP contribution in [0.15, 0.2) is 47.6 Å². The average molecular weight is 281 g/mol. The number of aromatic nitrogens is 1. The zero-order chi connectivity index (χ0) is 15.1. The maximum atomic E-state index is 8.70. The zero-order valence-electron chi connectivity index (χ0n) is 11.6. The van der Waals surface area contributed by atoms with Crippen LogP contribution in [0.5, 0.6) is 5.75 Å². The Morgan fingerprint density at radius 3 is 2.86 bits per heavy atom. The maximum absolute atomic E-state index is 8.70. The topological polar surface area (TPSA) is 96.3 Å². The van der Waals surface area contributed by atoms with Crippen LogP contribution in [-0.2, 0) is 6.54 Å². The first-order valence-electron chi connectivity index (χ1n) is 6.28. The van der Waals surface area contributed by atoms with Crippen LogP contribution in [0.25, 0.3) is 0 Å². The maximum Gasteiger partial charge on any atom is 0.194 e. The minimum absolute atomic E-state index is 0.248. The highest BCUT2D eigenvalue weighted by atomic mass is 16.5. The first-order chi connectivity index (χ1) is 10.2. The van der Waals surface area contributed by atoms with Crippen molar-refractivity contribution in [2.24, 2.45) is 10.7 Å². The van der Waals surface area contributed by atoms with E-state index in [2.05, 4.69) is 15.3 Å². The third kappa shape index (κ3) is 3.94. The normalized spacial score (nSPS) is 10.8. The fourth-order valence-corrected chi connectivity index (χ4v) is 1.71. The van der Waals surface area contributed by atoms with Crippen molar-refractivity contribution in [1.29, 1.82) is 5.26 Å². The Bertz CT molecular complexity index is 673. The number of hydrogen-bond donors (Lipinski definition) is 2. The van der Waals surface area contributed by atoms with Crippen molar-refractivity contribution in [2.75, 3.05) is 12.4 Å². The number of benzene rings is 1. The van der Waals surface area contributed by atoms with Gasteiger partial charge < -0.3 is 15.8 Å². The van der Waals surface area contributed by atoms with Gasteiger partial charge in [-0.25, -0.2) is 9.98 Å². The summed E-state index contributed by atoms with van der Waals surface area (Å²) in [5, 5.41) is 11.6. The number of guanidine groups is 1. The zero-order valence-corrected chi connectivity index (χ0v) is 11.6. The van der Waals surface area contributed by atoms with E-state index in [0.717, 1.165) is 11.3 Å². The monoisotopic (exact) mass is 281 g/mol. The number of methoxy groups -OCH3 is 1. The van der Waals surface area contributed by atoms with Gasteiger partial charge in [0.05, 0.1) is 19.2 Å². The van der Waals surface area contributed by atoms with Crippen molar-refractivity contribution in [2.45, 2.75) is 6.54 Å². The molecule has 0 amide bonds. The molecule has 3 N–H and O–H groups in total. The number of nitrogens with two attached hydrogens (primary N) is 1. The lowest BCUT2D eigenvalue weighted by atomic mass is 10.2. The number of hydrogen-bond acceptors (Lipinski definition) is 4. The molecule has 106 valence electrons. The number of nitrogens with one attached hydrogen (secondary N) is 1. The van der Waals surface area contributed by atoms with Crippen molar-refractivity contribution in [3.05, 3.63) is 53.7 Å². The molecule has 6 heteroatoms. The molecule has 0 saturated carbocycles. The van der Waals surface area contributed by atoms with Crippen LogP contribution in [0.4, 0.5) is 5.82 Å². The van der Waals surface area contributed by atoms with Gasteiger partial charge in [-0.3, -0.25) is 0 Å². The van der Waals surface area contributed by atoms with Gasteiger partial charge >= 0.3 is 0 Å². The first kappa shape index (κ1) is 14.3. The molecule has 2 aromatic rings. The first-order valence-corrected chi connectivity index (χ1v) is 6.28. The van der Waals surface area contributed by atoms with Gasteiger partial charge in [0.25, 0.3) is 0 Å². The van der Waals surface area contributed by atoms with Crippen LogP contribution in [0.3, 0.4) is 0 Å². The van der Waals surface area contributed by atoms with E-state index in [1.54, 1.807) is 19.2 Å². The average Bonchev–Trinajstić information content (AvgIpc) is 2.54. The molecule has 0 radical (unpaired) electrons. The summed E-state index contributed by atoms with van der Waals surface area (Å²) in [6, 6.07) is 12.9. The van der Waals surface area contributed by atoms with E-state index in [9.17, 15) is 0 Å². The van der Waals surface area contributed by atoms with E-state index in [-0.39, 0.29) is 5.96 Å². The fourth-order valence-electron chi connectivity index (χ4n) is 1.71. The summed E-state index contributed by atoms with van der Waals surface area (Å²) < 4.78 is 5.25. The number of anilines is 1. The summed E-state index contributed by atoms with van der Waals surface area (Å²) in [5.74, 6) is 1.55. The SMILES string of the molecule is COc1ccccc1CN=C(N)Nc1ccc(C#N)cn1. The molecule has 0 spiro atoms. The van der Waals surface area contributed by atoms with Crippen molar-refractivity contribution >= 4 is 11.8 Å². The van der Waals surface area contributed by atoms with E-state index in [4.69, 9.17) is 15.7 Å². The number of pyridine rings is 1. The molecule has 2 rings (SSSR count). The molecule has 0 bridgehead atoms. The van der Waals surface area contributed by atoms with Crippen LogP contribution in [0.2, 0.25) is 0 Å². The van der Waals surface area contributed by atoms with Crippen LogP contribution >= 0.6 is 0 Å². The number of rotatable bonds is 4. The lowest BCUT2D eigenvalue weighted by Crippen LogP contribution is -2.23. The van der Waals surface area contributed by atoms with Crippen molar-refractivity contribution in [3.8, 4) is 11.8 Å². The second-order valence-corrected chi connectivity index (χ2v) is 4.18. The molecule has 0 aliphatic carbocycles. The van der Waals surface area contributed by atoms with E-state index in [0.29, 0.717) is 17.9 Å². The van der Waals surface area contributed by atoms with Crippen molar-refractivity contribution in [1.82, 2.24) is 4.98 Å². The highest BCUT2D eigenvalue weighted by Gasteiger charge is 2.01. The summed E-state index contributed by atoms with van der Waals surface area (Å²) in [7, 11) is 1.62. The smallest absolute Gasteiger partial charge is 0.194 e. The van der Waals surface area contributed by atoms with E-state index in [1.165, 1.54) is 6.20 Å². The van der Waals surface area contributed by atoms with Gasteiger partial charge in [-0.2, -0.15) is 5.26 Å². The molecule has 1 heterocycles. The largest absolute Gasteiger partial charge is 0.496 e. The van der Waals surface area contributed by atoms with E-state index < -0.39 is 0 Å². The van der Waals surface area contributed by atoms with Gasteiger partial charge in [0.15, 0.2) is 5.96 Å². The summed E-state index contributed by atoms with van der Waals surface area (Å²) in [6.07, 6.45) is 1.47. The number of ether oxygens (including phenoxy) is 1. The highest BCUT2D eigenvalue weighted by Crippen LogP contribution is 2.17. The number of para-hydroxylation sites is 1. The molecule has 6 nitrogen and oxygen atoms in total. The quantitative estimate of drug-likeness (QED) is 0.659. The predicted molar refractivity (Wildman–Crippen MR) is 80.9 cm³/mol. The summed E-state index contributed by atoms with van der Waals surface area (Å²) in [5.41, 5.74) is 7.24. The molecule has 1 aromatic carbocycles. The van der Waals surface area contributed by atoms with Gasteiger partial charge in [0, 0.05) is 11.8 Å². The Balaban J connectivity index is 2.02. The second kappa shape index (κ2) is 6.91. The Morgan fingerprint density at radius 2 is 2.19 bits per heavy atom. The number of nitrogens with zero attached hydrogens (tertiary/aromatic N) is 3. The summed E-state index contributed by atoms with van der Waals surface area (Å²) >= 11 is 0. The molecule has 0 aliphatic rings. The van der Waals surface area contributed by atoms with E-state index in [1.807, 2.05) is 30.3 Å². The van der Waals surface area contributed by atoms with Gasteiger partial charge in [-0.1, -0.05) is 18.2 Å². The number of aliphatic imine (C=N–C) groups is 1. The Kier molecular flexibility index (Phi) is 4.72. The Hall–Kier alpha value is -3.07. The third-order valence-electron chi connectivity index (χ3n) is 2.76. The van der Waals surface area contributed by atoms with Crippen molar-refractivity contribution < 1.29 is 4.74 Å². The standard InChI is InChI=1S/C15H15N5O/c1-21-13-5-3-2-4-12(13)10-19-15(17)20-14-7-6-11(8-16)9-18-14/h2-7,9H,10H2,1H3,(H3,17,18,19,20). The van der Waals surface area contributed by atoms with Gasteiger partial charge in [0.1, 0.15) is 17.6 Å². The second-order valence-electron chi connectivity index (χ2n) is 4.18. The van der Waals surface area contributed by atoms with Gasteiger partial charge in [-0.05, 0) is 18.2 Å². The number of nitriles is 1. The van der Waals surface area contributed by atoms with Crippen LogP contribution in [0.1, 0.15) is 11.1 Å². The van der Waals surface area contributed by atoms with Crippen LogP contribution < -0.4 is 15.8 Å². The highest BCUT2D eigenvalue weighted by molar-refractivity contribution is 5.91.